The van der Waals surface area contributed by atoms with Crippen LogP contribution in [0, 0.1) is 6.92 Å². The van der Waals surface area contributed by atoms with E-state index in [1.54, 1.807) is 0 Å². The summed E-state index contributed by atoms with van der Waals surface area (Å²) in [6, 6.07) is 22.8. The average molecular weight is 341 g/mol. The third kappa shape index (κ3) is 3.85. The number of aryl methyl sites for hydroxylation is 1. The van der Waals surface area contributed by atoms with E-state index >= 15 is 0 Å². The first-order chi connectivity index (χ1) is 12.8. The van der Waals surface area contributed by atoms with Crippen molar-refractivity contribution < 1.29 is 4.42 Å². The molecule has 1 aromatic heterocycles. The number of hydrogen-bond acceptors (Lipinski definition) is 2. The van der Waals surface area contributed by atoms with Gasteiger partial charge in [0.25, 0.3) is 0 Å². The predicted octanol–water partition coefficient (Wildman–Crippen LogP) is 6.44. The number of allylic oxidation sites excluding steroid dienone is 2. The molecule has 0 spiro atoms. The molecule has 0 aliphatic heterocycles. The van der Waals surface area contributed by atoms with Gasteiger partial charge in [0.15, 0.2) is 0 Å². The van der Waals surface area contributed by atoms with Crippen molar-refractivity contribution in [3.8, 4) is 11.1 Å². The molecule has 0 radical (unpaired) electrons. The predicted molar refractivity (Wildman–Crippen MR) is 107 cm³/mol. The Hall–Kier alpha value is -2.87. The van der Waals surface area contributed by atoms with E-state index in [4.69, 9.17) is 9.41 Å². The molecule has 0 bridgehead atoms. The van der Waals surface area contributed by atoms with Gasteiger partial charge in [-0.25, -0.2) is 4.99 Å². The maximum absolute atomic E-state index is 6.18. The van der Waals surface area contributed by atoms with Gasteiger partial charge in [0, 0.05) is 6.07 Å². The zero-order valence-corrected chi connectivity index (χ0v) is 15.1. The summed E-state index contributed by atoms with van der Waals surface area (Å²) in [4.78, 5) is 4.73. The lowest BCUT2D eigenvalue weighted by Crippen LogP contribution is -2.04. The van der Waals surface area contributed by atoms with Crippen LogP contribution in [0.25, 0.3) is 16.7 Å². The fourth-order valence-electron chi connectivity index (χ4n) is 3.31. The van der Waals surface area contributed by atoms with Gasteiger partial charge in [0.2, 0.25) is 5.55 Å². The van der Waals surface area contributed by atoms with Crippen LogP contribution >= 0.6 is 0 Å². The molecule has 2 heteroatoms. The summed E-state index contributed by atoms with van der Waals surface area (Å²) in [5.74, 6) is 0.942. The molecule has 0 saturated heterocycles. The van der Waals surface area contributed by atoms with Crippen LogP contribution in [0.4, 0.5) is 5.69 Å². The van der Waals surface area contributed by atoms with Crippen molar-refractivity contribution in [3.05, 3.63) is 89.7 Å². The highest BCUT2D eigenvalue weighted by molar-refractivity contribution is 5.69. The normalized spacial score (nSPS) is 15.0. The molecule has 0 amide bonds. The van der Waals surface area contributed by atoms with Gasteiger partial charge < -0.3 is 4.42 Å². The molecule has 1 aliphatic carbocycles. The highest BCUT2D eigenvalue weighted by Gasteiger charge is 2.11. The van der Waals surface area contributed by atoms with Gasteiger partial charge in [-0.15, -0.1) is 0 Å². The highest BCUT2D eigenvalue weighted by atomic mass is 16.3. The molecule has 4 rings (SSSR count). The maximum Gasteiger partial charge on any atom is 0.220 e. The molecule has 0 unspecified atom stereocenters. The number of benzene rings is 2. The minimum absolute atomic E-state index is 0.650. The van der Waals surface area contributed by atoms with Gasteiger partial charge in [-0.1, -0.05) is 54.1 Å². The SMILES string of the molecule is Cc1ccc(N=c2cc(-c3ccccc3)cc(C3=CCCCC3)o2)cc1. The minimum atomic E-state index is 0.650. The maximum atomic E-state index is 6.18. The summed E-state index contributed by atoms with van der Waals surface area (Å²) in [6.45, 7) is 2.08. The van der Waals surface area contributed by atoms with Crippen molar-refractivity contribution >= 4 is 11.3 Å². The lowest BCUT2D eigenvalue weighted by atomic mass is 9.96. The second-order valence-corrected chi connectivity index (χ2v) is 6.84. The molecule has 26 heavy (non-hydrogen) atoms. The largest absolute Gasteiger partial charge is 0.439 e. The fourth-order valence-corrected chi connectivity index (χ4v) is 3.31. The third-order valence-corrected chi connectivity index (χ3v) is 4.77. The Labute approximate surface area is 154 Å². The summed E-state index contributed by atoms with van der Waals surface area (Å²) in [5, 5.41) is 0. The van der Waals surface area contributed by atoms with E-state index < -0.39 is 0 Å². The molecule has 130 valence electrons. The van der Waals surface area contributed by atoms with Gasteiger partial charge in [0.1, 0.15) is 5.76 Å². The van der Waals surface area contributed by atoms with Gasteiger partial charge >= 0.3 is 0 Å². The van der Waals surface area contributed by atoms with E-state index in [-0.39, 0.29) is 0 Å². The molecule has 1 heterocycles. The second kappa shape index (κ2) is 7.57. The Balaban J connectivity index is 1.85. The molecule has 0 saturated carbocycles. The fraction of sp³-hybridized carbons (Fsp3) is 0.208. The summed E-state index contributed by atoms with van der Waals surface area (Å²) >= 11 is 0. The lowest BCUT2D eigenvalue weighted by molar-refractivity contribution is 0.480. The van der Waals surface area contributed by atoms with Crippen molar-refractivity contribution in [1.82, 2.24) is 0 Å². The lowest BCUT2D eigenvalue weighted by Gasteiger charge is -2.13. The van der Waals surface area contributed by atoms with Crippen molar-refractivity contribution in [2.45, 2.75) is 32.6 Å². The monoisotopic (exact) mass is 341 g/mol. The Morgan fingerprint density at radius 3 is 2.38 bits per heavy atom. The van der Waals surface area contributed by atoms with E-state index in [2.05, 4.69) is 55.5 Å². The smallest absolute Gasteiger partial charge is 0.220 e. The average Bonchev–Trinajstić information content (AvgIpc) is 2.71. The second-order valence-electron chi connectivity index (χ2n) is 6.84. The summed E-state index contributed by atoms with van der Waals surface area (Å²) < 4.78 is 6.18. The van der Waals surface area contributed by atoms with E-state index in [1.165, 1.54) is 29.5 Å². The van der Waals surface area contributed by atoms with E-state index in [0.29, 0.717) is 5.55 Å². The Bertz CT molecular complexity index is 979. The Morgan fingerprint density at radius 2 is 1.65 bits per heavy atom. The molecule has 0 N–H and O–H groups in total. The highest BCUT2D eigenvalue weighted by Crippen LogP contribution is 2.29. The van der Waals surface area contributed by atoms with Gasteiger partial charge in [-0.2, -0.15) is 0 Å². The van der Waals surface area contributed by atoms with Crippen molar-refractivity contribution in [3.63, 3.8) is 0 Å². The molecular formula is C24H23NO. The van der Waals surface area contributed by atoms with Gasteiger partial charge in [0.05, 0.1) is 5.69 Å². The van der Waals surface area contributed by atoms with Crippen LogP contribution in [0.15, 0.2) is 82.2 Å². The number of nitrogens with zero attached hydrogens (tertiary/aromatic N) is 1. The molecule has 3 aromatic rings. The van der Waals surface area contributed by atoms with E-state index in [9.17, 15) is 0 Å². The van der Waals surface area contributed by atoms with Crippen LogP contribution < -0.4 is 5.55 Å². The standard InChI is InChI=1S/C24H23NO/c1-18-12-14-22(15-13-18)25-24-17-21(19-8-4-2-5-9-19)16-23(26-24)20-10-6-3-7-11-20/h2,4-5,8-10,12-17H,3,6-7,11H2,1H3. The molecule has 2 nitrogen and oxygen atoms in total. The van der Waals surface area contributed by atoms with Crippen LogP contribution in [0.2, 0.25) is 0 Å². The third-order valence-electron chi connectivity index (χ3n) is 4.77. The number of hydrogen-bond donors (Lipinski definition) is 0. The van der Waals surface area contributed by atoms with Crippen LogP contribution in [-0.4, -0.2) is 0 Å². The summed E-state index contributed by atoms with van der Waals surface area (Å²) in [6.07, 6.45) is 7.01. The zero-order valence-electron chi connectivity index (χ0n) is 15.1. The molecular weight excluding hydrogens is 318 g/mol. The summed E-state index contributed by atoms with van der Waals surface area (Å²) in [5.41, 5.74) is 6.41. The Morgan fingerprint density at radius 1 is 0.846 bits per heavy atom. The van der Waals surface area contributed by atoms with E-state index in [0.717, 1.165) is 29.9 Å². The van der Waals surface area contributed by atoms with Crippen LogP contribution in [0.5, 0.6) is 0 Å². The first kappa shape index (κ1) is 16.6. The first-order valence-electron chi connectivity index (χ1n) is 9.29. The van der Waals surface area contributed by atoms with Crippen LogP contribution in [-0.2, 0) is 0 Å². The van der Waals surface area contributed by atoms with Crippen LogP contribution in [0.1, 0.15) is 37.0 Å². The number of rotatable bonds is 3. The van der Waals surface area contributed by atoms with Crippen molar-refractivity contribution in [2.24, 2.45) is 4.99 Å². The van der Waals surface area contributed by atoms with Gasteiger partial charge in [-0.3, -0.25) is 0 Å². The van der Waals surface area contributed by atoms with Crippen molar-refractivity contribution in [2.75, 3.05) is 0 Å². The van der Waals surface area contributed by atoms with Crippen molar-refractivity contribution in [1.29, 1.82) is 0 Å². The molecule has 2 aromatic carbocycles. The van der Waals surface area contributed by atoms with Crippen LogP contribution in [0.3, 0.4) is 0 Å². The first-order valence-corrected chi connectivity index (χ1v) is 9.29. The molecule has 0 atom stereocenters. The molecule has 1 aliphatic rings. The quantitative estimate of drug-likeness (QED) is 0.538. The summed E-state index contributed by atoms with van der Waals surface area (Å²) in [7, 11) is 0. The topological polar surface area (TPSA) is 25.5 Å². The molecule has 0 fully saturated rings. The zero-order chi connectivity index (χ0) is 17.8. The van der Waals surface area contributed by atoms with Gasteiger partial charge in [-0.05, 0) is 67.5 Å². The van der Waals surface area contributed by atoms with E-state index in [1.807, 2.05) is 24.3 Å². The Kier molecular flexibility index (Phi) is 4.83. The minimum Gasteiger partial charge on any atom is -0.439 e.